The maximum Gasteiger partial charge on any atom is 0.304 e. The maximum absolute atomic E-state index is 12.6. The lowest BCUT2D eigenvalue weighted by Gasteiger charge is -2.20. The molecule has 0 unspecified atom stereocenters. The number of hydrogen-bond acceptors (Lipinski definition) is 6. The van der Waals surface area contributed by atoms with Crippen molar-refractivity contribution in [3.05, 3.63) is 53.1 Å². The second-order valence-corrected chi connectivity index (χ2v) is 10.1. The molecule has 0 saturated carbocycles. The van der Waals surface area contributed by atoms with Crippen molar-refractivity contribution < 1.29 is 29.3 Å². The van der Waals surface area contributed by atoms with E-state index in [1.165, 1.54) is 6.92 Å². The zero-order valence-corrected chi connectivity index (χ0v) is 20.6. The van der Waals surface area contributed by atoms with E-state index in [0.29, 0.717) is 29.0 Å². The fraction of sp³-hybridized carbons (Fsp3) is 0.423. The van der Waals surface area contributed by atoms with Gasteiger partial charge in [0, 0.05) is 27.2 Å². The Bertz CT molecular complexity index is 1010. The molecule has 0 aliphatic heterocycles. The summed E-state index contributed by atoms with van der Waals surface area (Å²) in [5.41, 5.74) is 0.490. The van der Waals surface area contributed by atoms with Crippen LogP contribution >= 0.6 is 11.8 Å². The van der Waals surface area contributed by atoms with E-state index in [0.717, 1.165) is 17.1 Å². The Labute approximate surface area is 199 Å². The van der Waals surface area contributed by atoms with Gasteiger partial charge < -0.3 is 14.9 Å². The van der Waals surface area contributed by atoms with Crippen LogP contribution < -0.4 is 4.74 Å². The highest BCUT2D eigenvalue weighted by molar-refractivity contribution is 7.99. The van der Waals surface area contributed by atoms with E-state index >= 15 is 0 Å². The van der Waals surface area contributed by atoms with E-state index in [2.05, 4.69) is 0 Å². The molecule has 0 bridgehead atoms. The predicted molar refractivity (Wildman–Crippen MR) is 130 cm³/mol. The van der Waals surface area contributed by atoms with Crippen molar-refractivity contribution in [1.29, 1.82) is 0 Å². The van der Waals surface area contributed by atoms with Crippen LogP contribution in [0.2, 0.25) is 0 Å². The van der Waals surface area contributed by atoms with Gasteiger partial charge in [0.25, 0.3) is 0 Å². The van der Waals surface area contributed by atoms with Crippen LogP contribution in [0.25, 0.3) is 0 Å². The zero-order chi connectivity index (χ0) is 24.8. The highest BCUT2D eigenvalue weighted by atomic mass is 32.2. The van der Waals surface area contributed by atoms with E-state index in [1.807, 2.05) is 26.0 Å². The van der Waals surface area contributed by atoms with E-state index in [4.69, 9.17) is 9.84 Å². The normalized spacial score (nSPS) is 11.5. The van der Waals surface area contributed by atoms with E-state index in [9.17, 15) is 19.5 Å². The molecule has 2 N–H and O–H groups in total. The van der Waals surface area contributed by atoms with E-state index < -0.39 is 11.4 Å². The second-order valence-electron chi connectivity index (χ2n) is 8.94. The highest BCUT2D eigenvalue weighted by Gasteiger charge is 2.31. The lowest BCUT2D eigenvalue weighted by Crippen LogP contribution is -2.27. The Balaban J connectivity index is 1.90. The average molecular weight is 473 g/mol. The van der Waals surface area contributed by atoms with Gasteiger partial charge in [-0.15, -0.1) is 11.8 Å². The number of carbonyl (C=O) groups excluding carboxylic acids is 2. The third kappa shape index (κ3) is 7.09. The minimum absolute atomic E-state index is 0.00876. The molecule has 178 valence electrons. The highest BCUT2D eigenvalue weighted by Crippen LogP contribution is 2.37. The van der Waals surface area contributed by atoms with Gasteiger partial charge in [-0.05, 0) is 43.5 Å². The first-order valence-corrected chi connectivity index (χ1v) is 11.9. The van der Waals surface area contributed by atoms with Crippen LogP contribution in [0.5, 0.6) is 11.5 Å². The number of Topliss-reactive ketones (excluding diaryl/α,β-unsaturated/α-hetero) is 2. The molecular weight excluding hydrogens is 440 g/mol. The van der Waals surface area contributed by atoms with Gasteiger partial charge >= 0.3 is 5.97 Å². The van der Waals surface area contributed by atoms with Gasteiger partial charge in [0.2, 0.25) is 0 Å². The minimum Gasteiger partial charge on any atom is -0.507 e. The van der Waals surface area contributed by atoms with Crippen molar-refractivity contribution in [2.24, 2.45) is 5.41 Å². The Morgan fingerprint density at radius 1 is 1.06 bits per heavy atom. The number of carboxylic acid groups (broad SMARTS) is 1. The Kier molecular flexibility index (Phi) is 9.11. The van der Waals surface area contributed by atoms with Crippen LogP contribution in [0.4, 0.5) is 0 Å². The van der Waals surface area contributed by atoms with Crippen LogP contribution in [0, 0.1) is 5.41 Å². The quantitative estimate of drug-likeness (QED) is 0.223. The first-order chi connectivity index (χ1) is 15.4. The summed E-state index contributed by atoms with van der Waals surface area (Å²) >= 11 is 1.63. The van der Waals surface area contributed by atoms with Crippen molar-refractivity contribution in [2.45, 2.75) is 58.3 Å². The molecule has 0 aromatic heterocycles. The minimum atomic E-state index is -0.992. The van der Waals surface area contributed by atoms with Crippen molar-refractivity contribution in [2.75, 3.05) is 12.4 Å². The molecular formula is C26H32O6S. The summed E-state index contributed by atoms with van der Waals surface area (Å²) in [6.45, 7) is 9.06. The van der Waals surface area contributed by atoms with Gasteiger partial charge in [-0.3, -0.25) is 14.4 Å². The Morgan fingerprint density at radius 3 is 2.24 bits per heavy atom. The van der Waals surface area contributed by atoms with Crippen molar-refractivity contribution in [3.8, 4) is 11.5 Å². The van der Waals surface area contributed by atoms with Crippen molar-refractivity contribution in [1.82, 2.24) is 0 Å². The van der Waals surface area contributed by atoms with Crippen molar-refractivity contribution in [3.63, 3.8) is 0 Å². The molecule has 0 amide bonds. The molecule has 0 aliphatic rings. The predicted octanol–water partition coefficient (Wildman–Crippen LogP) is 5.96. The molecule has 0 aliphatic carbocycles. The maximum atomic E-state index is 12.6. The van der Waals surface area contributed by atoms with Crippen LogP contribution in [0.1, 0.15) is 79.7 Å². The third-order valence-electron chi connectivity index (χ3n) is 5.27. The first-order valence-electron chi connectivity index (χ1n) is 10.9. The summed E-state index contributed by atoms with van der Waals surface area (Å²) in [4.78, 5) is 36.3. The molecule has 0 fully saturated rings. The fourth-order valence-corrected chi connectivity index (χ4v) is 4.37. The van der Waals surface area contributed by atoms with Crippen LogP contribution in [0.3, 0.4) is 0 Å². The number of aromatic hydroxyl groups is 1. The molecule has 2 rings (SSSR count). The number of phenols is 1. The van der Waals surface area contributed by atoms with Gasteiger partial charge in [-0.2, -0.15) is 0 Å². The average Bonchev–Trinajstić information content (AvgIpc) is 2.72. The number of ketones is 2. The zero-order valence-electron chi connectivity index (χ0n) is 19.8. The van der Waals surface area contributed by atoms with Crippen LogP contribution in [-0.4, -0.2) is 40.1 Å². The first kappa shape index (κ1) is 26.5. The molecule has 33 heavy (non-hydrogen) atoms. The molecule has 0 heterocycles. The summed E-state index contributed by atoms with van der Waals surface area (Å²) < 4.78 is 5.89. The van der Waals surface area contributed by atoms with Gasteiger partial charge in [0.1, 0.15) is 11.5 Å². The number of rotatable bonds is 12. The van der Waals surface area contributed by atoms with E-state index in [1.54, 1.807) is 49.9 Å². The fourth-order valence-electron chi connectivity index (χ4n) is 3.54. The van der Waals surface area contributed by atoms with Gasteiger partial charge in [0.05, 0.1) is 18.6 Å². The molecule has 7 heteroatoms. The number of thioether (sulfide) groups is 1. The summed E-state index contributed by atoms with van der Waals surface area (Å²) in [6, 6.07) is 10.5. The Morgan fingerprint density at radius 2 is 1.70 bits per heavy atom. The van der Waals surface area contributed by atoms with Crippen LogP contribution in [-0.2, 0) is 4.79 Å². The van der Waals surface area contributed by atoms with E-state index in [-0.39, 0.29) is 29.7 Å². The number of carbonyl (C=O) groups is 3. The SMILES string of the molecule is CC(=O)c1ccc(OCCCSc2ccc(C(=O)C(C)(C)CC(=O)O)cc2)c(C(C)C)c1O. The monoisotopic (exact) mass is 472 g/mol. The van der Waals surface area contributed by atoms with Gasteiger partial charge in [-0.25, -0.2) is 0 Å². The number of hydrogen-bond donors (Lipinski definition) is 2. The molecule has 2 aromatic rings. The molecule has 0 spiro atoms. The summed E-state index contributed by atoms with van der Waals surface area (Å²) in [6.07, 6.45) is 0.555. The lowest BCUT2D eigenvalue weighted by molar-refractivity contribution is -0.138. The second kappa shape index (κ2) is 11.4. The number of phenolic OH excluding ortho intramolecular Hbond substituents is 1. The number of aliphatic carboxylic acids is 1. The smallest absolute Gasteiger partial charge is 0.304 e. The number of ether oxygens (including phenoxy) is 1. The standard InChI is InChI=1S/C26H32O6S/c1-16(2)23-21(12-11-20(17(3)27)24(23)30)32-13-6-14-33-19-9-7-18(8-10-19)25(31)26(4,5)15-22(28)29/h7-12,16,30H,6,13-15H2,1-5H3,(H,28,29). The molecule has 0 saturated heterocycles. The van der Waals surface area contributed by atoms with Gasteiger partial charge in [0.15, 0.2) is 11.6 Å². The number of benzene rings is 2. The van der Waals surface area contributed by atoms with Crippen molar-refractivity contribution >= 4 is 29.3 Å². The third-order valence-corrected chi connectivity index (χ3v) is 6.37. The van der Waals surface area contributed by atoms with Gasteiger partial charge in [-0.1, -0.05) is 39.8 Å². The summed E-state index contributed by atoms with van der Waals surface area (Å²) in [5.74, 6) is 0.0238. The largest absolute Gasteiger partial charge is 0.507 e. The number of carboxylic acids is 1. The molecule has 0 atom stereocenters. The van der Waals surface area contributed by atoms with Crippen LogP contribution in [0.15, 0.2) is 41.3 Å². The molecule has 0 radical (unpaired) electrons. The summed E-state index contributed by atoms with van der Waals surface area (Å²) in [5, 5.41) is 19.5. The lowest BCUT2D eigenvalue weighted by atomic mass is 9.81. The Hall–Kier alpha value is -2.80. The molecule has 6 nitrogen and oxygen atoms in total. The topological polar surface area (TPSA) is 101 Å². The summed E-state index contributed by atoms with van der Waals surface area (Å²) in [7, 11) is 0. The molecule has 2 aromatic carbocycles.